The van der Waals surface area contributed by atoms with Gasteiger partial charge in [-0.2, -0.15) is 13.2 Å². The highest BCUT2D eigenvalue weighted by atomic mass is 19.4. The van der Waals surface area contributed by atoms with E-state index < -0.39 is 29.4 Å². The fourth-order valence-electron chi connectivity index (χ4n) is 2.78. The number of esters is 1. The standard InChI is InChI=1S/C20H24F3NO4/c1-5-27-17(25)16-12-14(20(21,22)23)6-7-15(16)13-8-10-24(11-9-13)18(26)28-19(2,3)4/h6-8,12H,5,9-11H2,1-4H3. The summed E-state index contributed by atoms with van der Waals surface area (Å²) in [5, 5.41) is 0. The topological polar surface area (TPSA) is 55.8 Å². The molecule has 1 aliphatic rings. The van der Waals surface area contributed by atoms with E-state index in [4.69, 9.17) is 9.47 Å². The third-order valence-corrected chi connectivity index (χ3v) is 4.05. The minimum atomic E-state index is -4.56. The molecule has 0 radical (unpaired) electrons. The molecule has 0 saturated carbocycles. The molecule has 8 heteroatoms. The van der Waals surface area contributed by atoms with E-state index in [0.29, 0.717) is 24.1 Å². The predicted molar refractivity (Wildman–Crippen MR) is 97.8 cm³/mol. The van der Waals surface area contributed by atoms with Crippen LogP contribution < -0.4 is 0 Å². The summed E-state index contributed by atoms with van der Waals surface area (Å²) in [6.07, 6.45) is -2.91. The Labute approximate surface area is 162 Å². The van der Waals surface area contributed by atoms with Crippen LogP contribution in [0, 0.1) is 0 Å². The Hall–Kier alpha value is -2.51. The fourth-order valence-corrected chi connectivity index (χ4v) is 2.78. The Morgan fingerprint density at radius 2 is 1.86 bits per heavy atom. The van der Waals surface area contributed by atoms with Crippen LogP contribution in [0.3, 0.4) is 0 Å². The molecule has 1 heterocycles. The van der Waals surface area contributed by atoms with Crippen LogP contribution in [0.1, 0.15) is 55.6 Å². The van der Waals surface area contributed by atoms with E-state index in [0.717, 1.165) is 12.1 Å². The lowest BCUT2D eigenvalue weighted by Crippen LogP contribution is -2.39. The molecule has 0 saturated heterocycles. The van der Waals surface area contributed by atoms with Crippen LogP contribution in [-0.2, 0) is 15.7 Å². The highest BCUT2D eigenvalue weighted by Gasteiger charge is 2.33. The van der Waals surface area contributed by atoms with Crippen LogP contribution >= 0.6 is 0 Å². The van der Waals surface area contributed by atoms with Crippen molar-refractivity contribution in [2.24, 2.45) is 0 Å². The van der Waals surface area contributed by atoms with Crippen molar-refractivity contribution in [1.29, 1.82) is 0 Å². The third-order valence-electron chi connectivity index (χ3n) is 4.05. The van der Waals surface area contributed by atoms with Crippen molar-refractivity contribution in [1.82, 2.24) is 4.90 Å². The Kier molecular flexibility index (Phi) is 6.41. The minimum absolute atomic E-state index is 0.0555. The second-order valence-electron chi connectivity index (χ2n) is 7.38. The van der Waals surface area contributed by atoms with E-state index in [1.807, 2.05) is 0 Å². The van der Waals surface area contributed by atoms with Crippen molar-refractivity contribution in [2.45, 2.75) is 45.9 Å². The number of carbonyl (C=O) groups excluding carboxylic acids is 2. The molecule has 5 nitrogen and oxygen atoms in total. The van der Waals surface area contributed by atoms with Gasteiger partial charge in [-0.05, 0) is 57.4 Å². The zero-order valence-corrected chi connectivity index (χ0v) is 16.4. The normalized spacial score (nSPS) is 15.1. The number of nitrogens with zero attached hydrogens (tertiary/aromatic N) is 1. The summed E-state index contributed by atoms with van der Waals surface area (Å²) in [4.78, 5) is 25.9. The van der Waals surface area contributed by atoms with E-state index in [1.54, 1.807) is 33.8 Å². The molecule has 0 fully saturated rings. The molecule has 28 heavy (non-hydrogen) atoms. The van der Waals surface area contributed by atoms with Crippen LogP contribution in [-0.4, -0.2) is 42.3 Å². The van der Waals surface area contributed by atoms with Gasteiger partial charge < -0.3 is 14.4 Å². The lowest BCUT2D eigenvalue weighted by molar-refractivity contribution is -0.137. The van der Waals surface area contributed by atoms with Gasteiger partial charge >= 0.3 is 18.2 Å². The maximum absolute atomic E-state index is 13.0. The molecule has 154 valence electrons. The van der Waals surface area contributed by atoms with E-state index in [-0.39, 0.29) is 18.7 Å². The molecule has 0 unspecified atom stereocenters. The van der Waals surface area contributed by atoms with Crippen molar-refractivity contribution in [3.05, 3.63) is 41.0 Å². The van der Waals surface area contributed by atoms with E-state index in [2.05, 4.69) is 0 Å². The summed E-state index contributed by atoms with van der Waals surface area (Å²) in [5.74, 6) is -0.806. The first-order valence-electron chi connectivity index (χ1n) is 8.98. The molecular weight excluding hydrogens is 375 g/mol. The summed E-state index contributed by atoms with van der Waals surface area (Å²) in [7, 11) is 0. The van der Waals surface area contributed by atoms with Crippen LogP contribution in [0.25, 0.3) is 5.57 Å². The van der Waals surface area contributed by atoms with Gasteiger partial charge in [0.25, 0.3) is 0 Å². The molecule has 0 atom stereocenters. The lowest BCUT2D eigenvalue weighted by atomic mass is 9.93. The summed E-state index contributed by atoms with van der Waals surface area (Å²) < 4.78 is 49.4. The maximum atomic E-state index is 13.0. The fraction of sp³-hybridized carbons (Fsp3) is 0.500. The third kappa shape index (κ3) is 5.50. The average molecular weight is 399 g/mol. The molecule has 0 N–H and O–H groups in total. The van der Waals surface area contributed by atoms with E-state index >= 15 is 0 Å². The Morgan fingerprint density at radius 3 is 2.36 bits per heavy atom. The smallest absolute Gasteiger partial charge is 0.416 e. The second-order valence-corrected chi connectivity index (χ2v) is 7.38. The zero-order valence-electron chi connectivity index (χ0n) is 16.4. The van der Waals surface area contributed by atoms with Gasteiger partial charge in [0.2, 0.25) is 0 Å². The first-order chi connectivity index (χ1) is 12.9. The predicted octanol–water partition coefficient (Wildman–Crippen LogP) is 4.91. The number of benzene rings is 1. The largest absolute Gasteiger partial charge is 0.462 e. The van der Waals surface area contributed by atoms with Crippen molar-refractivity contribution in [3.63, 3.8) is 0 Å². The summed E-state index contributed by atoms with van der Waals surface area (Å²) in [6, 6.07) is 3.04. The van der Waals surface area contributed by atoms with E-state index in [1.165, 1.54) is 11.0 Å². The van der Waals surface area contributed by atoms with Gasteiger partial charge in [0.15, 0.2) is 0 Å². The number of amides is 1. The minimum Gasteiger partial charge on any atom is -0.462 e. The Balaban J connectivity index is 2.29. The number of ether oxygens (including phenoxy) is 2. The summed E-state index contributed by atoms with van der Waals surface area (Å²) in [6.45, 7) is 7.53. The highest BCUT2D eigenvalue weighted by Crippen LogP contribution is 2.34. The second kappa shape index (κ2) is 8.24. The van der Waals surface area contributed by atoms with Gasteiger partial charge in [0.05, 0.1) is 17.7 Å². The molecule has 1 aromatic rings. The van der Waals surface area contributed by atoms with Gasteiger partial charge in [0.1, 0.15) is 5.60 Å². The van der Waals surface area contributed by atoms with Crippen molar-refractivity contribution >= 4 is 17.6 Å². The number of hydrogen-bond donors (Lipinski definition) is 0. The lowest BCUT2D eigenvalue weighted by Gasteiger charge is -2.30. The van der Waals surface area contributed by atoms with Crippen molar-refractivity contribution in [2.75, 3.05) is 19.7 Å². The first-order valence-corrected chi connectivity index (χ1v) is 8.98. The summed E-state index contributed by atoms with van der Waals surface area (Å²) in [5.41, 5.74) is -0.586. The Morgan fingerprint density at radius 1 is 1.18 bits per heavy atom. The molecule has 2 rings (SSSR count). The van der Waals surface area contributed by atoms with Crippen molar-refractivity contribution < 1.29 is 32.2 Å². The van der Waals surface area contributed by atoms with Crippen LogP contribution in [0.4, 0.5) is 18.0 Å². The quantitative estimate of drug-likeness (QED) is 0.678. The molecule has 0 bridgehead atoms. The number of halogens is 3. The molecule has 0 aromatic heterocycles. The van der Waals surface area contributed by atoms with Gasteiger partial charge in [-0.1, -0.05) is 12.1 Å². The number of carbonyl (C=O) groups is 2. The van der Waals surface area contributed by atoms with Gasteiger partial charge in [-0.3, -0.25) is 0 Å². The van der Waals surface area contributed by atoms with Crippen LogP contribution in [0.15, 0.2) is 24.3 Å². The van der Waals surface area contributed by atoms with Crippen LogP contribution in [0.5, 0.6) is 0 Å². The monoisotopic (exact) mass is 399 g/mol. The van der Waals surface area contributed by atoms with Gasteiger partial charge in [-0.25, -0.2) is 9.59 Å². The number of alkyl halides is 3. The van der Waals surface area contributed by atoms with Gasteiger partial charge in [0, 0.05) is 13.1 Å². The number of rotatable bonds is 3. The molecule has 1 aromatic carbocycles. The first kappa shape index (κ1) is 21.8. The van der Waals surface area contributed by atoms with E-state index in [9.17, 15) is 22.8 Å². The van der Waals surface area contributed by atoms with Crippen LogP contribution in [0.2, 0.25) is 0 Å². The molecule has 1 amide bonds. The average Bonchev–Trinajstić information content (AvgIpc) is 2.59. The highest BCUT2D eigenvalue weighted by molar-refractivity contribution is 5.96. The molecular formula is C20H24F3NO4. The maximum Gasteiger partial charge on any atom is 0.416 e. The molecule has 1 aliphatic heterocycles. The molecule has 0 aliphatic carbocycles. The zero-order chi connectivity index (χ0) is 21.1. The molecule has 0 spiro atoms. The number of hydrogen-bond acceptors (Lipinski definition) is 4. The van der Waals surface area contributed by atoms with Crippen molar-refractivity contribution in [3.8, 4) is 0 Å². The van der Waals surface area contributed by atoms with Gasteiger partial charge in [-0.15, -0.1) is 0 Å². The SMILES string of the molecule is CCOC(=O)c1cc(C(F)(F)F)ccc1C1=CCN(C(=O)OC(C)(C)C)CC1. The Bertz CT molecular complexity index is 779. The summed E-state index contributed by atoms with van der Waals surface area (Å²) >= 11 is 0.